The van der Waals surface area contributed by atoms with Crippen molar-refractivity contribution in [2.45, 2.75) is 0 Å². The van der Waals surface area contributed by atoms with Crippen LogP contribution < -0.4 is 10.6 Å². The van der Waals surface area contributed by atoms with Gasteiger partial charge in [-0.25, -0.2) is 0 Å². The second-order valence-electron chi connectivity index (χ2n) is 6.21. The van der Waals surface area contributed by atoms with Crippen LogP contribution in [-0.2, 0) is 4.57 Å². The van der Waals surface area contributed by atoms with Crippen LogP contribution in [0.1, 0.15) is 5.56 Å². The zero-order chi connectivity index (χ0) is 17.8. The van der Waals surface area contributed by atoms with Crippen molar-refractivity contribution in [3.8, 4) is 0 Å². The monoisotopic (exact) mass is 354 g/mol. The van der Waals surface area contributed by atoms with E-state index in [1.165, 1.54) is 10.8 Å². The Kier molecular flexibility index (Phi) is 4.56. The molecule has 0 aliphatic carbocycles. The lowest BCUT2D eigenvalue weighted by Crippen LogP contribution is -2.13. The van der Waals surface area contributed by atoms with Gasteiger partial charge in [-0.2, -0.15) is 0 Å². The molecule has 4 aromatic rings. The number of hydrogen-bond donors (Lipinski definition) is 0. The van der Waals surface area contributed by atoms with Gasteiger partial charge in [0.25, 0.3) is 0 Å². The molecule has 26 heavy (non-hydrogen) atoms. The zero-order valence-corrected chi connectivity index (χ0v) is 15.2. The molecule has 0 saturated heterocycles. The Morgan fingerprint density at radius 1 is 0.577 bits per heavy atom. The third-order valence-electron chi connectivity index (χ3n) is 4.57. The molecular weight excluding hydrogens is 335 g/mol. The maximum absolute atomic E-state index is 14.0. The van der Waals surface area contributed by atoms with Crippen molar-refractivity contribution in [1.29, 1.82) is 0 Å². The summed E-state index contributed by atoms with van der Waals surface area (Å²) >= 11 is 0. The highest BCUT2D eigenvalue weighted by atomic mass is 31.2. The predicted octanol–water partition coefficient (Wildman–Crippen LogP) is 5.82. The van der Waals surface area contributed by atoms with Crippen LogP contribution in [-0.4, -0.2) is 0 Å². The van der Waals surface area contributed by atoms with Crippen molar-refractivity contribution >= 4 is 34.6 Å². The lowest BCUT2D eigenvalue weighted by atomic mass is 10.1. The van der Waals surface area contributed by atoms with Gasteiger partial charge < -0.3 is 4.57 Å². The molecule has 1 nitrogen and oxygen atoms in total. The van der Waals surface area contributed by atoms with Crippen LogP contribution in [0.2, 0.25) is 0 Å². The molecule has 0 N–H and O–H groups in total. The lowest BCUT2D eigenvalue weighted by molar-refractivity contribution is 0.592. The fraction of sp³-hybridized carbons (Fsp3) is 0. The van der Waals surface area contributed by atoms with Gasteiger partial charge in [-0.05, 0) is 22.2 Å². The fourth-order valence-corrected chi connectivity index (χ4v) is 5.44. The van der Waals surface area contributed by atoms with Gasteiger partial charge in [-0.3, -0.25) is 0 Å². The van der Waals surface area contributed by atoms with Crippen molar-refractivity contribution in [1.82, 2.24) is 0 Å². The minimum absolute atomic E-state index is 0.850. The van der Waals surface area contributed by atoms with Crippen molar-refractivity contribution < 1.29 is 4.57 Å². The van der Waals surface area contributed by atoms with Gasteiger partial charge >= 0.3 is 0 Å². The van der Waals surface area contributed by atoms with Gasteiger partial charge in [-0.1, -0.05) is 109 Å². The van der Waals surface area contributed by atoms with Crippen molar-refractivity contribution in [3.05, 3.63) is 115 Å². The predicted molar refractivity (Wildman–Crippen MR) is 113 cm³/mol. The lowest BCUT2D eigenvalue weighted by Gasteiger charge is -2.15. The first-order valence-corrected chi connectivity index (χ1v) is 10.4. The SMILES string of the molecule is O=P(/C=C/c1cccc2ccccc12)(c1ccccc1)c1ccccc1. The summed E-state index contributed by atoms with van der Waals surface area (Å²) in [6, 6.07) is 33.9. The van der Waals surface area contributed by atoms with E-state index in [1.54, 1.807) is 0 Å². The normalized spacial score (nSPS) is 11.8. The van der Waals surface area contributed by atoms with Gasteiger partial charge in [0, 0.05) is 10.6 Å². The summed E-state index contributed by atoms with van der Waals surface area (Å²) in [5.74, 6) is 1.89. The van der Waals surface area contributed by atoms with Gasteiger partial charge in [0.2, 0.25) is 0 Å². The first kappa shape index (κ1) is 16.6. The van der Waals surface area contributed by atoms with Gasteiger partial charge in [-0.15, -0.1) is 0 Å². The number of fused-ring (bicyclic) bond motifs is 1. The largest absolute Gasteiger partial charge is 0.309 e. The van der Waals surface area contributed by atoms with Crippen LogP contribution in [0.15, 0.2) is 109 Å². The maximum atomic E-state index is 14.0. The van der Waals surface area contributed by atoms with E-state index in [0.29, 0.717) is 0 Å². The molecule has 0 atom stereocenters. The third kappa shape index (κ3) is 3.14. The molecule has 0 unspecified atom stereocenters. The summed E-state index contributed by atoms with van der Waals surface area (Å²) in [5.41, 5.74) is 1.08. The van der Waals surface area contributed by atoms with E-state index >= 15 is 0 Å². The minimum Gasteiger partial charge on any atom is -0.309 e. The minimum atomic E-state index is -2.85. The second kappa shape index (κ2) is 7.15. The molecule has 0 bridgehead atoms. The van der Waals surface area contributed by atoms with Gasteiger partial charge in [0.1, 0.15) is 0 Å². The Balaban J connectivity index is 1.86. The summed E-state index contributed by atoms with van der Waals surface area (Å²) in [7, 11) is -2.85. The summed E-state index contributed by atoms with van der Waals surface area (Å²) in [5, 5.41) is 4.05. The fourth-order valence-electron chi connectivity index (χ4n) is 3.20. The number of benzene rings is 4. The number of rotatable bonds is 4. The van der Waals surface area contributed by atoms with E-state index in [9.17, 15) is 4.57 Å². The van der Waals surface area contributed by atoms with Crippen LogP contribution in [0.4, 0.5) is 0 Å². The molecule has 0 spiro atoms. The van der Waals surface area contributed by atoms with E-state index in [2.05, 4.69) is 24.3 Å². The summed E-state index contributed by atoms with van der Waals surface area (Å²) in [6.07, 6.45) is 2.00. The molecule has 4 rings (SSSR count). The van der Waals surface area contributed by atoms with Crippen LogP contribution in [0, 0.1) is 0 Å². The Hall–Kier alpha value is -2.89. The molecule has 0 aromatic heterocycles. The molecule has 4 aromatic carbocycles. The molecule has 2 heteroatoms. The zero-order valence-electron chi connectivity index (χ0n) is 14.3. The summed E-state index contributed by atoms with van der Waals surface area (Å²) in [6.45, 7) is 0. The van der Waals surface area contributed by atoms with E-state index in [4.69, 9.17) is 0 Å². The van der Waals surface area contributed by atoms with Gasteiger partial charge in [0.15, 0.2) is 7.14 Å². The highest BCUT2D eigenvalue weighted by Crippen LogP contribution is 2.45. The first-order valence-electron chi connectivity index (χ1n) is 8.65. The molecule has 0 aliphatic rings. The average molecular weight is 354 g/mol. The quantitative estimate of drug-likeness (QED) is 0.422. The highest BCUT2D eigenvalue weighted by Gasteiger charge is 2.23. The molecule has 0 saturated carbocycles. The highest BCUT2D eigenvalue weighted by molar-refractivity contribution is 7.81. The molecule has 126 valence electrons. The third-order valence-corrected chi connectivity index (χ3v) is 7.27. The van der Waals surface area contributed by atoms with E-state index in [1.807, 2.05) is 90.8 Å². The van der Waals surface area contributed by atoms with Gasteiger partial charge in [0.05, 0.1) is 0 Å². The second-order valence-corrected chi connectivity index (χ2v) is 8.86. The molecule has 0 fully saturated rings. The smallest absolute Gasteiger partial charge is 0.164 e. The Bertz CT molecular complexity index is 1050. The first-order chi connectivity index (χ1) is 12.8. The van der Waals surface area contributed by atoms with Crippen LogP contribution in [0.5, 0.6) is 0 Å². The maximum Gasteiger partial charge on any atom is 0.164 e. The molecular formula is C24H19OP. The standard InChI is InChI=1S/C24H19OP/c25-26(22-13-3-1-4-14-22,23-15-5-2-6-16-23)19-18-21-12-9-11-20-10-7-8-17-24(20)21/h1-19H/b19-18+. The summed E-state index contributed by atoms with van der Waals surface area (Å²) in [4.78, 5) is 0. The van der Waals surface area contributed by atoms with Crippen molar-refractivity contribution in [2.75, 3.05) is 0 Å². The van der Waals surface area contributed by atoms with Crippen LogP contribution in [0.3, 0.4) is 0 Å². The van der Waals surface area contributed by atoms with Crippen LogP contribution in [0.25, 0.3) is 16.8 Å². The molecule has 0 radical (unpaired) electrons. The van der Waals surface area contributed by atoms with E-state index in [0.717, 1.165) is 16.2 Å². The van der Waals surface area contributed by atoms with Crippen LogP contribution >= 0.6 is 7.14 Å². The number of hydrogen-bond acceptors (Lipinski definition) is 1. The topological polar surface area (TPSA) is 17.1 Å². The Morgan fingerprint density at radius 3 is 1.77 bits per heavy atom. The Labute approximate surface area is 154 Å². The van der Waals surface area contributed by atoms with E-state index in [-0.39, 0.29) is 0 Å². The molecule has 0 amide bonds. The summed E-state index contributed by atoms with van der Waals surface area (Å²) < 4.78 is 14.0. The average Bonchev–Trinajstić information content (AvgIpc) is 2.73. The van der Waals surface area contributed by atoms with E-state index < -0.39 is 7.14 Å². The molecule has 0 aliphatic heterocycles. The Morgan fingerprint density at radius 2 is 1.12 bits per heavy atom. The van der Waals surface area contributed by atoms with Crippen molar-refractivity contribution in [3.63, 3.8) is 0 Å². The molecule has 0 heterocycles. The van der Waals surface area contributed by atoms with Crippen molar-refractivity contribution in [2.24, 2.45) is 0 Å².